The molecule has 0 saturated heterocycles. The van der Waals surface area contributed by atoms with Crippen LogP contribution in [0.3, 0.4) is 0 Å². The fourth-order valence-corrected chi connectivity index (χ4v) is 3.53. The number of aromatic nitrogens is 2. The van der Waals surface area contributed by atoms with Gasteiger partial charge in [-0.3, -0.25) is 0 Å². The molecule has 1 saturated carbocycles. The molecule has 108 valence electrons. The van der Waals surface area contributed by atoms with Crippen LogP contribution in [0.4, 0.5) is 4.39 Å². The number of alkyl halides is 1. The lowest BCUT2D eigenvalue weighted by Crippen LogP contribution is -2.21. The smallest absolute Gasteiger partial charge is 0.127 e. The van der Waals surface area contributed by atoms with E-state index in [0.29, 0.717) is 10.9 Å². The van der Waals surface area contributed by atoms with Crippen molar-refractivity contribution in [2.75, 3.05) is 0 Å². The highest BCUT2D eigenvalue weighted by atomic mass is 35.5. The number of fused-ring (bicyclic) bond motifs is 1. The average Bonchev–Trinajstić information content (AvgIpc) is 2.94. The zero-order valence-electron chi connectivity index (χ0n) is 12.0. The van der Waals surface area contributed by atoms with Crippen molar-refractivity contribution in [3.8, 4) is 0 Å². The van der Waals surface area contributed by atoms with Crippen LogP contribution in [0.1, 0.15) is 50.7 Å². The highest BCUT2D eigenvalue weighted by Gasteiger charge is 2.31. The summed E-state index contributed by atoms with van der Waals surface area (Å²) in [5.74, 6) is 0.600. The van der Waals surface area contributed by atoms with E-state index in [9.17, 15) is 4.39 Å². The molecule has 0 radical (unpaired) electrons. The first-order valence-corrected chi connectivity index (χ1v) is 7.72. The van der Waals surface area contributed by atoms with E-state index in [0.717, 1.165) is 17.9 Å². The molecule has 3 rings (SSSR count). The Bertz CT molecular complexity index is 627. The molecule has 4 heteroatoms. The SMILES string of the molecule is CC(Cl)c1nc2cc(F)ccc2n1CC1(C)CCCC1. The van der Waals surface area contributed by atoms with Gasteiger partial charge in [0.15, 0.2) is 0 Å². The largest absolute Gasteiger partial charge is 0.326 e. The van der Waals surface area contributed by atoms with Crippen molar-refractivity contribution >= 4 is 22.6 Å². The van der Waals surface area contributed by atoms with Crippen LogP contribution in [0.25, 0.3) is 11.0 Å². The molecule has 1 fully saturated rings. The number of hydrogen-bond donors (Lipinski definition) is 0. The zero-order chi connectivity index (χ0) is 14.3. The average molecular weight is 295 g/mol. The molecule has 1 aliphatic rings. The van der Waals surface area contributed by atoms with Gasteiger partial charge in [-0.25, -0.2) is 9.37 Å². The number of hydrogen-bond acceptors (Lipinski definition) is 1. The first-order valence-electron chi connectivity index (χ1n) is 7.28. The Balaban J connectivity index is 2.09. The van der Waals surface area contributed by atoms with Gasteiger partial charge in [0.2, 0.25) is 0 Å². The third kappa shape index (κ3) is 2.44. The standard InChI is InChI=1S/C16H20ClFN2/c1-11(17)15-19-13-9-12(18)5-6-14(13)20(15)10-16(2)7-3-4-8-16/h5-6,9,11H,3-4,7-8,10H2,1-2H3. The summed E-state index contributed by atoms with van der Waals surface area (Å²) >= 11 is 6.27. The van der Waals surface area contributed by atoms with Crippen LogP contribution in [-0.4, -0.2) is 9.55 Å². The van der Waals surface area contributed by atoms with E-state index in [2.05, 4.69) is 16.5 Å². The van der Waals surface area contributed by atoms with Crippen LogP contribution in [-0.2, 0) is 6.54 Å². The molecule has 0 spiro atoms. The molecule has 0 bridgehead atoms. The molecule has 0 N–H and O–H groups in total. The van der Waals surface area contributed by atoms with Gasteiger partial charge in [-0.1, -0.05) is 19.8 Å². The van der Waals surface area contributed by atoms with Crippen molar-refractivity contribution in [2.24, 2.45) is 5.41 Å². The Morgan fingerprint density at radius 1 is 1.40 bits per heavy atom. The van der Waals surface area contributed by atoms with E-state index in [1.165, 1.54) is 37.8 Å². The predicted molar refractivity (Wildman–Crippen MR) is 80.5 cm³/mol. The second kappa shape index (κ2) is 5.03. The van der Waals surface area contributed by atoms with Crippen LogP contribution in [0, 0.1) is 11.2 Å². The van der Waals surface area contributed by atoms with E-state index in [1.807, 2.05) is 13.0 Å². The van der Waals surface area contributed by atoms with Crippen LogP contribution in [0.15, 0.2) is 18.2 Å². The highest BCUT2D eigenvalue weighted by Crippen LogP contribution is 2.40. The fourth-order valence-electron chi connectivity index (χ4n) is 3.36. The van der Waals surface area contributed by atoms with Crippen molar-refractivity contribution in [2.45, 2.75) is 51.5 Å². The van der Waals surface area contributed by atoms with Crippen molar-refractivity contribution in [3.63, 3.8) is 0 Å². The monoisotopic (exact) mass is 294 g/mol. The minimum Gasteiger partial charge on any atom is -0.326 e. The molecule has 2 aromatic rings. The van der Waals surface area contributed by atoms with Gasteiger partial charge in [-0.2, -0.15) is 0 Å². The molecule has 0 amide bonds. The van der Waals surface area contributed by atoms with Gasteiger partial charge in [-0.05, 0) is 37.3 Å². The van der Waals surface area contributed by atoms with E-state index in [1.54, 1.807) is 0 Å². The van der Waals surface area contributed by atoms with E-state index < -0.39 is 0 Å². The quantitative estimate of drug-likeness (QED) is 0.724. The van der Waals surface area contributed by atoms with Crippen LogP contribution in [0.5, 0.6) is 0 Å². The summed E-state index contributed by atoms with van der Waals surface area (Å²) in [5, 5.41) is -0.171. The van der Waals surface area contributed by atoms with Gasteiger partial charge < -0.3 is 4.57 Å². The summed E-state index contributed by atoms with van der Waals surface area (Å²) in [7, 11) is 0. The molecular weight excluding hydrogens is 275 g/mol. The summed E-state index contributed by atoms with van der Waals surface area (Å²) < 4.78 is 15.6. The first-order chi connectivity index (χ1) is 9.48. The molecule has 20 heavy (non-hydrogen) atoms. The minimum atomic E-state index is -0.247. The second-order valence-corrected chi connectivity index (χ2v) is 6.98. The number of nitrogens with zero attached hydrogens (tertiary/aromatic N) is 2. The van der Waals surface area contributed by atoms with Gasteiger partial charge >= 0.3 is 0 Å². The van der Waals surface area contributed by atoms with Crippen molar-refractivity contribution in [3.05, 3.63) is 29.8 Å². The van der Waals surface area contributed by atoms with E-state index in [-0.39, 0.29) is 11.2 Å². The van der Waals surface area contributed by atoms with E-state index in [4.69, 9.17) is 11.6 Å². The Morgan fingerprint density at radius 3 is 2.75 bits per heavy atom. The van der Waals surface area contributed by atoms with Crippen LogP contribution < -0.4 is 0 Å². The third-order valence-electron chi connectivity index (χ3n) is 4.45. The fraction of sp³-hybridized carbons (Fsp3) is 0.562. The lowest BCUT2D eigenvalue weighted by atomic mass is 9.88. The summed E-state index contributed by atoms with van der Waals surface area (Å²) in [5.41, 5.74) is 2.00. The summed E-state index contributed by atoms with van der Waals surface area (Å²) in [6.45, 7) is 5.17. The predicted octanol–water partition coefficient (Wildman–Crippen LogP) is 5.06. The maximum atomic E-state index is 13.4. The minimum absolute atomic E-state index is 0.171. The van der Waals surface area contributed by atoms with Gasteiger partial charge in [-0.15, -0.1) is 11.6 Å². The molecule has 1 aliphatic carbocycles. The number of rotatable bonds is 3. The van der Waals surface area contributed by atoms with Crippen molar-refractivity contribution in [1.29, 1.82) is 0 Å². The maximum absolute atomic E-state index is 13.4. The summed E-state index contributed by atoms with van der Waals surface area (Å²) in [6, 6.07) is 4.81. The molecule has 1 unspecified atom stereocenters. The molecule has 1 atom stereocenters. The first kappa shape index (κ1) is 13.9. The van der Waals surface area contributed by atoms with Gasteiger partial charge in [0, 0.05) is 12.6 Å². The zero-order valence-corrected chi connectivity index (χ0v) is 12.8. The van der Waals surface area contributed by atoms with Crippen molar-refractivity contribution < 1.29 is 4.39 Å². The summed E-state index contributed by atoms with van der Waals surface area (Å²) in [4.78, 5) is 4.54. The molecule has 1 heterocycles. The van der Waals surface area contributed by atoms with Gasteiger partial charge in [0.1, 0.15) is 11.6 Å². The van der Waals surface area contributed by atoms with Gasteiger partial charge in [0.05, 0.1) is 16.4 Å². The lowest BCUT2D eigenvalue weighted by molar-refractivity contribution is 0.281. The normalized spacial score (nSPS) is 19.6. The number of benzene rings is 1. The van der Waals surface area contributed by atoms with Crippen molar-refractivity contribution in [1.82, 2.24) is 9.55 Å². The number of imidazole rings is 1. The Labute approximate surface area is 123 Å². The van der Waals surface area contributed by atoms with Gasteiger partial charge in [0.25, 0.3) is 0 Å². The lowest BCUT2D eigenvalue weighted by Gasteiger charge is -2.26. The highest BCUT2D eigenvalue weighted by molar-refractivity contribution is 6.20. The Hall–Kier alpha value is -1.09. The summed E-state index contributed by atoms with van der Waals surface area (Å²) in [6.07, 6.45) is 5.07. The maximum Gasteiger partial charge on any atom is 0.127 e. The molecule has 0 aliphatic heterocycles. The molecular formula is C16H20ClFN2. The third-order valence-corrected chi connectivity index (χ3v) is 4.64. The molecule has 2 nitrogen and oxygen atoms in total. The Morgan fingerprint density at radius 2 is 2.10 bits per heavy atom. The second-order valence-electron chi connectivity index (χ2n) is 6.32. The number of halogens is 2. The molecule has 1 aromatic carbocycles. The molecule has 1 aromatic heterocycles. The van der Waals surface area contributed by atoms with E-state index >= 15 is 0 Å². The topological polar surface area (TPSA) is 17.8 Å². The van der Waals surface area contributed by atoms with Crippen LogP contribution >= 0.6 is 11.6 Å². The Kier molecular flexibility index (Phi) is 3.49. The van der Waals surface area contributed by atoms with Crippen LogP contribution in [0.2, 0.25) is 0 Å².